The molecule has 0 amide bonds. The summed E-state index contributed by atoms with van der Waals surface area (Å²) in [5.74, 6) is -0.890. The maximum absolute atomic E-state index is 11.8. The van der Waals surface area contributed by atoms with Gasteiger partial charge in [0.05, 0.1) is 18.1 Å². The predicted octanol–water partition coefficient (Wildman–Crippen LogP) is 1.83. The molecule has 0 aliphatic heterocycles. The molecule has 2 rings (SSSR count). The first-order chi connectivity index (χ1) is 9.58. The van der Waals surface area contributed by atoms with Crippen LogP contribution in [-0.2, 0) is 20.9 Å². The largest absolute Gasteiger partial charge is 0.462 e. The first-order valence-electron chi connectivity index (χ1n) is 6.23. The van der Waals surface area contributed by atoms with Gasteiger partial charge in [-0.15, -0.1) is 11.3 Å². The van der Waals surface area contributed by atoms with E-state index in [2.05, 4.69) is 0 Å². The minimum Gasteiger partial charge on any atom is -0.462 e. The van der Waals surface area contributed by atoms with E-state index in [1.165, 1.54) is 0 Å². The Morgan fingerprint density at radius 1 is 1.45 bits per heavy atom. The minimum atomic E-state index is -0.553. The van der Waals surface area contributed by atoms with Crippen molar-refractivity contribution >= 4 is 28.3 Å². The number of anilines is 1. The third kappa shape index (κ3) is 2.91. The quantitative estimate of drug-likeness (QED) is 0.831. The molecule has 106 valence electrons. The van der Waals surface area contributed by atoms with Crippen molar-refractivity contribution in [2.45, 2.75) is 26.4 Å². The molecule has 7 heteroatoms. The summed E-state index contributed by atoms with van der Waals surface area (Å²) in [5, 5.41) is 9.32. The average molecular weight is 294 g/mol. The lowest BCUT2D eigenvalue weighted by Crippen LogP contribution is -2.10. The van der Waals surface area contributed by atoms with E-state index in [0.717, 1.165) is 24.2 Å². The molecule has 1 aromatic heterocycles. The van der Waals surface area contributed by atoms with E-state index in [0.29, 0.717) is 5.56 Å². The molecule has 2 N–H and O–H groups in total. The summed E-state index contributed by atoms with van der Waals surface area (Å²) in [6.45, 7) is 1.78. The maximum Gasteiger partial charge on any atom is 0.348 e. The zero-order valence-electron chi connectivity index (χ0n) is 11.0. The molecule has 0 atom stereocenters. The van der Waals surface area contributed by atoms with E-state index >= 15 is 0 Å². The summed E-state index contributed by atoms with van der Waals surface area (Å²) < 4.78 is 10.0. The number of nitriles is 1. The molecule has 1 aliphatic rings. The van der Waals surface area contributed by atoms with Gasteiger partial charge in [0.1, 0.15) is 22.6 Å². The SMILES string of the molecule is CCOC(=O)c1sc(N)c(C#N)c1COC(=O)C1CC1. The lowest BCUT2D eigenvalue weighted by molar-refractivity contribution is -0.146. The Morgan fingerprint density at radius 3 is 2.70 bits per heavy atom. The number of carbonyl (C=O) groups excluding carboxylic acids is 2. The van der Waals surface area contributed by atoms with Crippen LogP contribution in [0.15, 0.2) is 0 Å². The molecule has 0 radical (unpaired) electrons. The van der Waals surface area contributed by atoms with E-state index in [4.69, 9.17) is 20.5 Å². The highest BCUT2D eigenvalue weighted by Crippen LogP contribution is 2.34. The van der Waals surface area contributed by atoms with Gasteiger partial charge in [0.25, 0.3) is 0 Å². The summed E-state index contributed by atoms with van der Waals surface area (Å²) in [6.07, 6.45) is 1.67. The fraction of sp³-hybridized carbons (Fsp3) is 0.462. The van der Waals surface area contributed by atoms with Gasteiger partial charge in [-0.3, -0.25) is 4.79 Å². The summed E-state index contributed by atoms with van der Waals surface area (Å²) in [5.41, 5.74) is 6.23. The summed E-state index contributed by atoms with van der Waals surface area (Å²) in [4.78, 5) is 23.6. The average Bonchev–Trinajstić information content (AvgIpc) is 3.21. The number of thiophene rings is 1. The number of rotatable bonds is 5. The van der Waals surface area contributed by atoms with Crippen molar-refractivity contribution in [1.29, 1.82) is 5.26 Å². The summed E-state index contributed by atoms with van der Waals surface area (Å²) >= 11 is 0.979. The van der Waals surface area contributed by atoms with Crippen molar-refractivity contribution in [3.8, 4) is 6.07 Å². The van der Waals surface area contributed by atoms with E-state index in [9.17, 15) is 9.59 Å². The van der Waals surface area contributed by atoms with Crippen LogP contribution in [0.4, 0.5) is 5.00 Å². The van der Waals surface area contributed by atoms with Gasteiger partial charge < -0.3 is 15.2 Å². The van der Waals surface area contributed by atoms with Gasteiger partial charge in [-0.2, -0.15) is 5.26 Å². The van der Waals surface area contributed by atoms with Crippen molar-refractivity contribution in [1.82, 2.24) is 0 Å². The molecule has 1 fully saturated rings. The van der Waals surface area contributed by atoms with Gasteiger partial charge in [0, 0.05) is 5.56 Å². The van der Waals surface area contributed by atoms with E-state index < -0.39 is 5.97 Å². The summed E-state index contributed by atoms with van der Waals surface area (Å²) in [7, 11) is 0. The molecule has 0 unspecified atom stereocenters. The van der Waals surface area contributed by atoms with Crippen LogP contribution in [-0.4, -0.2) is 18.5 Å². The smallest absolute Gasteiger partial charge is 0.348 e. The second-order valence-corrected chi connectivity index (χ2v) is 5.42. The summed E-state index contributed by atoms with van der Waals surface area (Å²) in [6, 6.07) is 1.94. The van der Waals surface area contributed by atoms with Crippen molar-refractivity contribution < 1.29 is 19.1 Å². The monoisotopic (exact) mass is 294 g/mol. The van der Waals surface area contributed by atoms with E-state index in [1.54, 1.807) is 6.92 Å². The highest BCUT2D eigenvalue weighted by molar-refractivity contribution is 7.18. The zero-order chi connectivity index (χ0) is 14.7. The van der Waals surface area contributed by atoms with Crippen LogP contribution >= 0.6 is 11.3 Å². The van der Waals surface area contributed by atoms with Crippen LogP contribution < -0.4 is 5.73 Å². The fourth-order valence-electron chi connectivity index (χ4n) is 1.69. The molecule has 0 saturated heterocycles. The highest BCUT2D eigenvalue weighted by atomic mass is 32.1. The van der Waals surface area contributed by atoms with Crippen molar-refractivity contribution in [3.05, 3.63) is 16.0 Å². The Morgan fingerprint density at radius 2 is 2.15 bits per heavy atom. The predicted molar refractivity (Wildman–Crippen MR) is 71.9 cm³/mol. The Bertz CT molecular complexity index is 584. The Hall–Kier alpha value is -2.07. The van der Waals surface area contributed by atoms with Crippen molar-refractivity contribution in [2.75, 3.05) is 12.3 Å². The molecular weight excluding hydrogens is 280 g/mol. The van der Waals surface area contributed by atoms with Crippen LogP contribution in [0, 0.1) is 17.2 Å². The third-order valence-electron chi connectivity index (χ3n) is 2.88. The number of nitrogens with two attached hydrogens (primary N) is 1. The normalized spacial score (nSPS) is 13.6. The molecule has 20 heavy (non-hydrogen) atoms. The number of nitrogen functional groups attached to an aromatic ring is 1. The van der Waals surface area contributed by atoms with Crippen LogP contribution in [0.1, 0.15) is 40.6 Å². The topological polar surface area (TPSA) is 102 Å². The lowest BCUT2D eigenvalue weighted by Gasteiger charge is -2.06. The molecule has 6 nitrogen and oxygen atoms in total. The molecule has 0 spiro atoms. The van der Waals surface area contributed by atoms with Crippen LogP contribution in [0.3, 0.4) is 0 Å². The van der Waals surface area contributed by atoms with Gasteiger partial charge >= 0.3 is 11.9 Å². The molecule has 1 saturated carbocycles. The van der Waals surface area contributed by atoms with Gasteiger partial charge in [0.15, 0.2) is 0 Å². The number of esters is 2. The van der Waals surface area contributed by atoms with E-state index in [1.807, 2.05) is 6.07 Å². The minimum absolute atomic E-state index is 0.0393. The van der Waals surface area contributed by atoms with Gasteiger partial charge in [-0.25, -0.2) is 4.79 Å². The fourth-order valence-corrected chi connectivity index (χ4v) is 2.60. The molecule has 1 aromatic rings. The van der Waals surface area contributed by atoms with Crippen LogP contribution in [0.25, 0.3) is 0 Å². The van der Waals surface area contributed by atoms with Gasteiger partial charge in [-0.1, -0.05) is 0 Å². The number of ether oxygens (including phenoxy) is 2. The Kier molecular flexibility index (Phi) is 4.25. The first-order valence-corrected chi connectivity index (χ1v) is 7.05. The second kappa shape index (κ2) is 5.92. The Balaban J connectivity index is 2.21. The van der Waals surface area contributed by atoms with Crippen molar-refractivity contribution in [2.24, 2.45) is 5.92 Å². The second-order valence-electron chi connectivity index (χ2n) is 4.36. The highest BCUT2D eigenvalue weighted by Gasteiger charge is 2.32. The molecular formula is C13H14N2O4S. The molecule has 0 aromatic carbocycles. The maximum atomic E-state index is 11.8. The Labute approximate surface area is 120 Å². The number of carbonyl (C=O) groups is 2. The first kappa shape index (κ1) is 14.3. The lowest BCUT2D eigenvalue weighted by atomic mass is 10.1. The number of nitrogens with zero attached hydrogens (tertiary/aromatic N) is 1. The molecule has 1 heterocycles. The number of hydrogen-bond donors (Lipinski definition) is 1. The van der Waals surface area contributed by atoms with Crippen LogP contribution in [0.2, 0.25) is 0 Å². The van der Waals surface area contributed by atoms with Crippen LogP contribution in [0.5, 0.6) is 0 Å². The third-order valence-corrected chi connectivity index (χ3v) is 3.92. The standard InChI is InChI=1S/C13H14N2O4S/c1-2-18-13(17)10-9(8(5-14)11(15)20-10)6-19-12(16)7-3-4-7/h7H,2-4,6,15H2,1H3. The van der Waals surface area contributed by atoms with E-state index in [-0.39, 0.29) is 40.5 Å². The molecule has 1 aliphatic carbocycles. The van der Waals surface area contributed by atoms with Crippen molar-refractivity contribution in [3.63, 3.8) is 0 Å². The number of hydrogen-bond acceptors (Lipinski definition) is 7. The van der Waals surface area contributed by atoms with Gasteiger partial charge in [0.2, 0.25) is 0 Å². The zero-order valence-corrected chi connectivity index (χ0v) is 11.8. The molecule has 0 bridgehead atoms. The van der Waals surface area contributed by atoms with Gasteiger partial charge in [-0.05, 0) is 19.8 Å².